The minimum Gasteiger partial charge on any atom is -0.481 e. The maximum Gasteiger partial charge on any atom is 0.309 e. The molecular formula is C17H34O2. The predicted octanol–water partition coefficient (Wildman–Crippen LogP) is 5.22. The summed E-state index contributed by atoms with van der Waals surface area (Å²) < 4.78 is 0. The van der Waals surface area contributed by atoms with E-state index in [2.05, 4.69) is 48.5 Å². The van der Waals surface area contributed by atoms with Crippen LogP contribution in [0, 0.1) is 29.1 Å². The summed E-state index contributed by atoms with van der Waals surface area (Å²) in [5.74, 6) is 1.12. The maximum atomic E-state index is 12.1. The maximum absolute atomic E-state index is 12.1. The molecule has 0 saturated carbocycles. The van der Waals surface area contributed by atoms with E-state index < -0.39 is 11.4 Å². The second-order valence-corrected chi connectivity index (χ2v) is 7.39. The van der Waals surface area contributed by atoms with Crippen molar-refractivity contribution in [1.29, 1.82) is 0 Å². The smallest absolute Gasteiger partial charge is 0.309 e. The minimum absolute atomic E-state index is 0.287. The summed E-state index contributed by atoms with van der Waals surface area (Å²) in [7, 11) is 0. The Morgan fingerprint density at radius 1 is 0.947 bits per heavy atom. The lowest BCUT2D eigenvalue weighted by molar-refractivity contribution is -0.156. The molecule has 19 heavy (non-hydrogen) atoms. The van der Waals surface area contributed by atoms with E-state index in [4.69, 9.17) is 0 Å². The molecule has 0 fully saturated rings. The molecule has 2 nitrogen and oxygen atoms in total. The molecule has 0 heterocycles. The van der Waals surface area contributed by atoms with Gasteiger partial charge in [-0.3, -0.25) is 4.79 Å². The standard InChI is InChI=1S/C17H34O2/c1-8-15(9-12(2)3)17(16(18)19,10-13(4)5)11-14(6)7/h12-15H,8-11H2,1-7H3,(H,18,19). The van der Waals surface area contributed by atoms with Gasteiger partial charge in [-0.25, -0.2) is 0 Å². The summed E-state index contributed by atoms with van der Waals surface area (Å²) in [5.41, 5.74) is -0.540. The van der Waals surface area contributed by atoms with Crippen molar-refractivity contribution in [1.82, 2.24) is 0 Å². The summed E-state index contributed by atoms with van der Waals surface area (Å²) in [6, 6.07) is 0. The zero-order chi connectivity index (χ0) is 15.2. The van der Waals surface area contributed by atoms with Gasteiger partial charge in [0.25, 0.3) is 0 Å². The van der Waals surface area contributed by atoms with E-state index >= 15 is 0 Å². The first-order valence-corrected chi connectivity index (χ1v) is 7.89. The Morgan fingerprint density at radius 3 is 1.58 bits per heavy atom. The first-order valence-electron chi connectivity index (χ1n) is 7.89. The fraction of sp³-hybridized carbons (Fsp3) is 0.941. The van der Waals surface area contributed by atoms with Crippen LogP contribution in [-0.4, -0.2) is 11.1 Å². The summed E-state index contributed by atoms with van der Waals surface area (Å²) in [4.78, 5) is 12.1. The van der Waals surface area contributed by atoms with Crippen LogP contribution >= 0.6 is 0 Å². The van der Waals surface area contributed by atoms with E-state index in [1.807, 2.05) is 0 Å². The van der Waals surface area contributed by atoms with Gasteiger partial charge in [0, 0.05) is 0 Å². The average molecular weight is 270 g/mol. The third-order valence-corrected chi connectivity index (χ3v) is 4.00. The topological polar surface area (TPSA) is 37.3 Å². The Balaban J connectivity index is 5.43. The monoisotopic (exact) mass is 270 g/mol. The van der Waals surface area contributed by atoms with Crippen LogP contribution < -0.4 is 0 Å². The Kier molecular flexibility index (Phi) is 7.69. The molecule has 0 aliphatic carbocycles. The zero-order valence-corrected chi connectivity index (χ0v) is 14.0. The van der Waals surface area contributed by atoms with Gasteiger partial charge in [-0.1, -0.05) is 54.9 Å². The highest BCUT2D eigenvalue weighted by Crippen LogP contribution is 2.45. The van der Waals surface area contributed by atoms with Crippen LogP contribution in [0.15, 0.2) is 0 Å². The molecule has 0 saturated heterocycles. The van der Waals surface area contributed by atoms with Gasteiger partial charge < -0.3 is 5.11 Å². The molecule has 0 aromatic rings. The van der Waals surface area contributed by atoms with Crippen LogP contribution in [0.2, 0.25) is 0 Å². The van der Waals surface area contributed by atoms with Gasteiger partial charge in [0.1, 0.15) is 0 Å². The first-order chi connectivity index (χ1) is 8.65. The molecule has 114 valence electrons. The number of carbonyl (C=O) groups is 1. The number of carboxylic acid groups (broad SMARTS) is 1. The first kappa shape index (κ1) is 18.5. The highest BCUT2D eigenvalue weighted by molar-refractivity contribution is 5.75. The molecule has 0 spiro atoms. The Morgan fingerprint density at radius 2 is 1.37 bits per heavy atom. The van der Waals surface area contributed by atoms with Crippen molar-refractivity contribution < 1.29 is 9.90 Å². The van der Waals surface area contributed by atoms with E-state index in [0.717, 1.165) is 25.7 Å². The molecule has 2 heteroatoms. The quantitative estimate of drug-likeness (QED) is 0.623. The molecule has 0 aromatic heterocycles. The second kappa shape index (κ2) is 7.91. The van der Waals surface area contributed by atoms with Gasteiger partial charge in [0.2, 0.25) is 0 Å². The Bertz CT molecular complexity index is 256. The minimum atomic E-state index is -0.581. The predicted molar refractivity (Wildman–Crippen MR) is 82.2 cm³/mol. The van der Waals surface area contributed by atoms with Gasteiger partial charge in [-0.15, -0.1) is 0 Å². The third-order valence-electron chi connectivity index (χ3n) is 4.00. The van der Waals surface area contributed by atoms with Crippen molar-refractivity contribution in [3.05, 3.63) is 0 Å². The number of hydrogen-bond donors (Lipinski definition) is 1. The van der Waals surface area contributed by atoms with Crippen molar-refractivity contribution >= 4 is 5.97 Å². The van der Waals surface area contributed by atoms with Crippen molar-refractivity contribution in [3.8, 4) is 0 Å². The number of carboxylic acids is 1. The van der Waals surface area contributed by atoms with Crippen LogP contribution in [0.25, 0.3) is 0 Å². The van der Waals surface area contributed by atoms with E-state index in [1.165, 1.54) is 0 Å². The molecule has 0 aromatic carbocycles. The molecule has 1 unspecified atom stereocenters. The molecular weight excluding hydrogens is 236 g/mol. The zero-order valence-electron chi connectivity index (χ0n) is 14.0. The SMILES string of the molecule is CCC(CC(C)C)C(CC(C)C)(CC(C)C)C(=O)O. The molecule has 0 aliphatic heterocycles. The van der Waals surface area contributed by atoms with Gasteiger partial charge >= 0.3 is 5.97 Å². The second-order valence-electron chi connectivity index (χ2n) is 7.39. The summed E-state index contributed by atoms with van der Waals surface area (Å²) in [6.07, 6.45) is 3.57. The Hall–Kier alpha value is -0.530. The van der Waals surface area contributed by atoms with Crippen LogP contribution in [0.4, 0.5) is 0 Å². The number of hydrogen-bond acceptors (Lipinski definition) is 1. The lowest BCUT2D eigenvalue weighted by Crippen LogP contribution is -2.41. The van der Waals surface area contributed by atoms with E-state index in [0.29, 0.717) is 17.8 Å². The lowest BCUT2D eigenvalue weighted by atomic mass is 9.63. The molecule has 0 amide bonds. The van der Waals surface area contributed by atoms with Crippen LogP contribution in [0.3, 0.4) is 0 Å². The highest BCUT2D eigenvalue weighted by atomic mass is 16.4. The summed E-state index contributed by atoms with van der Waals surface area (Å²) in [5, 5.41) is 9.94. The van der Waals surface area contributed by atoms with Crippen LogP contribution in [-0.2, 0) is 4.79 Å². The van der Waals surface area contributed by atoms with Gasteiger partial charge in [-0.2, -0.15) is 0 Å². The number of rotatable bonds is 9. The van der Waals surface area contributed by atoms with Crippen molar-refractivity contribution in [2.24, 2.45) is 29.1 Å². The van der Waals surface area contributed by atoms with Gasteiger partial charge in [0.15, 0.2) is 0 Å². The van der Waals surface area contributed by atoms with Crippen molar-refractivity contribution in [3.63, 3.8) is 0 Å². The van der Waals surface area contributed by atoms with Gasteiger partial charge in [0.05, 0.1) is 5.41 Å². The van der Waals surface area contributed by atoms with Crippen LogP contribution in [0.5, 0.6) is 0 Å². The molecule has 0 rings (SSSR count). The normalized spacial score (nSPS) is 14.4. The molecule has 1 atom stereocenters. The Labute approximate surface area is 120 Å². The number of aliphatic carboxylic acids is 1. The molecule has 1 N–H and O–H groups in total. The molecule has 0 radical (unpaired) electrons. The molecule has 0 bridgehead atoms. The largest absolute Gasteiger partial charge is 0.481 e. The average Bonchev–Trinajstić information content (AvgIpc) is 2.22. The third kappa shape index (κ3) is 5.54. The lowest BCUT2D eigenvalue weighted by Gasteiger charge is -2.40. The van der Waals surface area contributed by atoms with Crippen LogP contribution in [0.1, 0.15) is 74.1 Å². The highest BCUT2D eigenvalue weighted by Gasteiger charge is 2.45. The van der Waals surface area contributed by atoms with E-state index in [-0.39, 0.29) is 5.92 Å². The molecule has 0 aliphatic rings. The fourth-order valence-corrected chi connectivity index (χ4v) is 3.57. The van der Waals surface area contributed by atoms with E-state index in [1.54, 1.807) is 0 Å². The summed E-state index contributed by atoms with van der Waals surface area (Å²) >= 11 is 0. The van der Waals surface area contributed by atoms with Crippen molar-refractivity contribution in [2.45, 2.75) is 74.1 Å². The van der Waals surface area contributed by atoms with Gasteiger partial charge in [-0.05, 0) is 42.9 Å². The van der Waals surface area contributed by atoms with E-state index in [9.17, 15) is 9.90 Å². The summed E-state index contributed by atoms with van der Waals surface area (Å²) in [6.45, 7) is 15.1. The fourth-order valence-electron chi connectivity index (χ4n) is 3.57. The van der Waals surface area contributed by atoms with Crippen molar-refractivity contribution in [2.75, 3.05) is 0 Å².